The van der Waals surface area contributed by atoms with E-state index in [1.165, 1.54) is 24.0 Å². The van der Waals surface area contributed by atoms with Gasteiger partial charge in [-0.2, -0.15) is 0 Å². The number of halogens is 1. The second-order valence-electron chi connectivity index (χ2n) is 3.39. The van der Waals surface area contributed by atoms with Crippen LogP contribution in [0.15, 0.2) is 57.5 Å². The monoisotopic (exact) mass is 263 g/mol. The van der Waals surface area contributed by atoms with Gasteiger partial charge in [0.2, 0.25) is 0 Å². The van der Waals surface area contributed by atoms with Crippen molar-refractivity contribution >= 4 is 17.6 Å². The Balaban J connectivity index is 2.28. The molecule has 0 saturated heterocycles. The van der Waals surface area contributed by atoms with Gasteiger partial charge in [-0.15, -0.1) is 0 Å². The van der Waals surface area contributed by atoms with Crippen LogP contribution in [0.5, 0.6) is 0 Å². The molecule has 3 N–H and O–H groups in total. The number of nitrogens with two attached hydrogens (primary N) is 1. The van der Waals surface area contributed by atoms with Crippen LogP contribution in [0.1, 0.15) is 5.69 Å². The summed E-state index contributed by atoms with van der Waals surface area (Å²) in [6.45, 7) is 0. The highest BCUT2D eigenvalue weighted by molar-refractivity contribution is 7.99. The lowest BCUT2D eigenvalue weighted by Crippen LogP contribution is -2.14. The van der Waals surface area contributed by atoms with Crippen LogP contribution in [-0.2, 0) is 0 Å². The summed E-state index contributed by atoms with van der Waals surface area (Å²) in [6, 6.07) is 9.83. The molecule has 0 aliphatic heterocycles. The third-order valence-corrected chi connectivity index (χ3v) is 3.21. The largest absolute Gasteiger partial charge is 0.409 e. The van der Waals surface area contributed by atoms with E-state index in [0.29, 0.717) is 10.6 Å². The SMILES string of the molecule is NC(=NO)c1cc(Sc2ccccc2F)ccn1. The normalized spacial score (nSPS) is 11.5. The molecule has 1 aromatic carbocycles. The number of oxime groups is 1. The van der Waals surface area contributed by atoms with Crippen LogP contribution in [0.2, 0.25) is 0 Å². The van der Waals surface area contributed by atoms with Crippen molar-refractivity contribution < 1.29 is 9.60 Å². The Bertz CT molecular complexity index is 589. The first-order chi connectivity index (χ1) is 8.70. The summed E-state index contributed by atoms with van der Waals surface area (Å²) in [5.41, 5.74) is 5.79. The van der Waals surface area contributed by atoms with E-state index < -0.39 is 0 Å². The lowest BCUT2D eigenvalue weighted by atomic mass is 10.3. The Labute approximate surface area is 107 Å². The standard InChI is InChI=1S/C12H10FN3OS/c13-9-3-1-2-4-11(9)18-8-5-6-15-10(7-8)12(14)16-17/h1-7,17H,(H2,14,16). The van der Waals surface area contributed by atoms with Crippen molar-refractivity contribution in [2.75, 3.05) is 0 Å². The highest BCUT2D eigenvalue weighted by Crippen LogP contribution is 2.29. The second kappa shape index (κ2) is 5.50. The molecule has 0 fully saturated rings. The molecule has 1 aromatic heterocycles. The quantitative estimate of drug-likeness (QED) is 0.386. The Morgan fingerprint density at radius 3 is 2.83 bits per heavy atom. The third-order valence-electron chi connectivity index (χ3n) is 2.17. The summed E-state index contributed by atoms with van der Waals surface area (Å²) in [5, 5.41) is 11.4. The fourth-order valence-corrected chi connectivity index (χ4v) is 2.19. The molecule has 0 saturated carbocycles. The van der Waals surface area contributed by atoms with E-state index in [2.05, 4.69) is 10.1 Å². The molecule has 0 atom stereocenters. The summed E-state index contributed by atoms with van der Waals surface area (Å²) in [7, 11) is 0. The van der Waals surface area contributed by atoms with Crippen molar-refractivity contribution in [1.82, 2.24) is 4.98 Å². The molecule has 6 heteroatoms. The summed E-state index contributed by atoms with van der Waals surface area (Å²) >= 11 is 1.25. The van der Waals surface area contributed by atoms with Crippen molar-refractivity contribution in [2.24, 2.45) is 10.9 Å². The Morgan fingerprint density at radius 2 is 2.11 bits per heavy atom. The minimum absolute atomic E-state index is 0.0778. The van der Waals surface area contributed by atoms with E-state index in [-0.39, 0.29) is 11.7 Å². The Morgan fingerprint density at radius 1 is 1.33 bits per heavy atom. The zero-order valence-corrected chi connectivity index (χ0v) is 10.1. The molecular weight excluding hydrogens is 253 g/mol. The smallest absolute Gasteiger partial charge is 0.188 e. The van der Waals surface area contributed by atoms with Gasteiger partial charge in [-0.1, -0.05) is 29.1 Å². The molecule has 4 nitrogen and oxygen atoms in total. The van der Waals surface area contributed by atoms with Gasteiger partial charge in [-0.25, -0.2) is 4.39 Å². The topological polar surface area (TPSA) is 71.5 Å². The van der Waals surface area contributed by atoms with Gasteiger partial charge in [0.05, 0.1) is 0 Å². The first kappa shape index (κ1) is 12.4. The number of aromatic nitrogens is 1. The van der Waals surface area contributed by atoms with Crippen molar-refractivity contribution in [3.05, 3.63) is 54.1 Å². The van der Waals surface area contributed by atoms with E-state index in [1.807, 2.05) is 0 Å². The Hall–Kier alpha value is -2.08. The molecule has 0 unspecified atom stereocenters. The number of amidine groups is 1. The van der Waals surface area contributed by atoms with Crippen molar-refractivity contribution in [3.8, 4) is 0 Å². The predicted octanol–water partition coefficient (Wildman–Crippen LogP) is 2.47. The average Bonchev–Trinajstić information content (AvgIpc) is 2.41. The van der Waals surface area contributed by atoms with Gasteiger partial charge in [-0.05, 0) is 24.3 Å². The van der Waals surface area contributed by atoms with Crippen molar-refractivity contribution in [3.63, 3.8) is 0 Å². The Kier molecular flexibility index (Phi) is 3.78. The summed E-state index contributed by atoms with van der Waals surface area (Å²) in [6.07, 6.45) is 1.52. The van der Waals surface area contributed by atoms with Gasteiger partial charge in [-0.3, -0.25) is 4.98 Å². The maximum Gasteiger partial charge on any atom is 0.188 e. The number of benzene rings is 1. The highest BCUT2D eigenvalue weighted by Gasteiger charge is 2.06. The van der Waals surface area contributed by atoms with Gasteiger partial charge in [0.25, 0.3) is 0 Å². The zero-order chi connectivity index (χ0) is 13.0. The van der Waals surface area contributed by atoms with E-state index in [0.717, 1.165) is 4.90 Å². The number of hydrogen-bond acceptors (Lipinski definition) is 4. The fourth-order valence-electron chi connectivity index (χ4n) is 1.32. The summed E-state index contributed by atoms with van der Waals surface area (Å²) in [5.74, 6) is -0.365. The molecule has 2 rings (SSSR count). The van der Waals surface area contributed by atoms with Crippen molar-refractivity contribution in [2.45, 2.75) is 9.79 Å². The number of nitrogens with zero attached hydrogens (tertiary/aromatic N) is 2. The number of pyridine rings is 1. The maximum absolute atomic E-state index is 13.5. The van der Waals surface area contributed by atoms with E-state index in [9.17, 15) is 4.39 Å². The molecule has 0 spiro atoms. The first-order valence-electron chi connectivity index (χ1n) is 5.07. The van der Waals surface area contributed by atoms with Crippen molar-refractivity contribution in [1.29, 1.82) is 0 Å². The molecule has 0 aliphatic rings. The van der Waals surface area contributed by atoms with Crippen LogP contribution in [-0.4, -0.2) is 16.0 Å². The van der Waals surface area contributed by atoms with Crippen LogP contribution in [0.4, 0.5) is 4.39 Å². The number of rotatable bonds is 3. The van der Waals surface area contributed by atoms with Gasteiger partial charge >= 0.3 is 0 Å². The van der Waals surface area contributed by atoms with E-state index in [1.54, 1.807) is 30.3 Å². The van der Waals surface area contributed by atoms with Gasteiger partial charge < -0.3 is 10.9 Å². The first-order valence-corrected chi connectivity index (χ1v) is 5.88. The van der Waals surface area contributed by atoms with Crippen LogP contribution in [0.25, 0.3) is 0 Å². The molecule has 1 heterocycles. The molecular formula is C12H10FN3OS. The van der Waals surface area contributed by atoms with E-state index >= 15 is 0 Å². The van der Waals surface area contributed by atoms with Crippen LogP contribution in [0.3, 0.4) is 0 Å². The zero-order valence-electron chi connectivity index (χ0n) is 9.25. The number of hydrogen-bond donors (Lipinski definition) is 2. The minimum atomic E-state index is -0.287. The van der Waals surface area contributed by atoms with Crippen LogP contribution < -0.4 is 5.73 Å². The summed E-state index contributed by atoms with van der Waals surface area (Å²) in [4.78, 5) is 5.22. The molecule has 2 aromatic rings. The molecule has 0 aliphatic carbocycles. The lowest BCUT2D eigenvalue weighted by molar-refractivity contribution is 0.318. The molecule has 92 valence electrons. The maximum atomic E-state index is 13.5. The van der Waals surface area contributed by atoms with Gasteiger partial charge in [0.15, 0.2) is 5.84 Å². The fraction of sp³-hybridized carbons (Fsp3) is 0. The minimum Gasteiger partial charge on any atom is -0.409 e. The van der Waals surface area contributed by atoms with Gasteiger partial charge in [0.1, 0.15) is 11.5 Å². The summed E-state index contributed by atoms with van der Waals surface area (Å²) < 4.78 is 13.5. The second-order valence-corrected chi connectivity index (χ2v) is 4.51. The molecule has 0 amide bonds. The molecule has 0 bridgehead atoms. The third kappa shape index (κ3) is 2.78. The average molecular weight is 263 g/mol. The molecule has 0 radical (unpaired) electrons. The predicted molar refractivity (Wildman–Crippen MR) is 67.3 cm³/mol. The van der Waals surface area contributed by atoms with Gasteiger partial charge in [0, 0.05) is 16.0 Å². The molecule has 18 heavy (non-hydrogen) atoms. The lowest BCUT2D eigenvalue weighted by Gasteiger charge is -2.04. The van der Waals surface area contributed by atoms with E-state index in [4.69, 9.17) is 10.9 Å². The van der Waals surface area contributed by atoms with Crippen LogP contribution in [0, 0.1) is 5.82 Å². The van der Waals surface area contributed by atoms with Crippen LogP contribution >= 0.6 is 11.8 Å². The highest BCUT2D eigenvalue weighted by atomic mass is 32.2.